The Labute approximate surface area is 130 Å². The number of nitrogens with zero attached hydrogens (tertiary/aromatic N) is 2. The molecule has 6 heteroatoms. The molecule has 5 nitrogen and oxygen atoms in total. The Morgan fingerprint density at radius 2 is 2.00 bits per heavy atom. The van der Waals surface area contributed by atoms with Crippen LogP contribution in [0.3, 0.4) is 0 Å². The van der Waals surface area contributed by atoms with Gasteiger partial charge in [-0.2, -0.15) is 5.10 Å². The van der Waals surface area contributed by atoms with Crippen molar-refractivity contribution in [3.8, 4) is 0 Å². The van der Waals surface area contributed by atoms with Crippen LogP contribution < -0.4 is 5.43 Å². The summed E-state index contributed by atoms with van der Waals surface area (Å²) in [5.74, 6) is 0. The first-order valence-corrected chi connectivity index (χ1v) is 11.1. The van der Waals surface area contributed by atoms with Crippen molar-refractivity contribution in [2.75, 3.05) is 6.61 Å². The van der Waals surface area contributed by atoms with Crippen LogP contribution in [0.1, 0.15) is 5.69 Å². The van der Waals surface area contributed by atoms with E-state index in [1.165, 1.54) is 0 Å². The first-order chi connectivity index (χ1) is 10.4. The van der Waals surface area contributed by atoms with Gasteiger partial charge in [0.15, 0.2) is 0 Å². The number of rotatable bonds is 7. The maximum Gasteiger partial charge on any atom is 0.211 e. The first-order valence-electron chi connectivity index (χ1n) is 7.42. The third-order valence-electron chi connectivity index (χ3n) is 3.42. The SMILES string of the molecule is C[Si](C)(C)CCOCn1nc(CC=O)c(=O)c2ccccc21. The van der Waals surface area contributed by atoms with Gasteiger partial charge in [0, 0.05) is 20.1 Å². The molecule has 0 saturated heterocycles. The minimum atomic E-state index is -1.13. The van der Waals surface area contributed by atoms with Crippen LogP contribution in [-0.2, 0) is 22.7 Å². The molecule has 0 N–H and O–H groups in total. The van der Waals surface area contributed by atoms with E-state index < -0.39 is 8.07 Å². The van der Waals surface area contributed by atoms with E-state index in [2.05, 4.69) is 24.7 Å². The van der Waals surface area contributed by atoms with Crippen LogP contribution in [0, 0.1) is 0 Å². The summed E-state index contributed by atoms with van der Waals surface area (Å²) < 4.78 is 7.39. The molecule has 2 aromatic rings. The van der Waals surface area contributed by atoms with Crippen LogP contribution in [0.2, 0.25) is 25.7 Å². The van der Waals surface area contributed by atoms with Crippen molar-refractivity contribution in [1.29, 1.82) is 0 Å². The zero-order valence-corrected chi connectivity index (χ0v) is 14.3. The molecule has 2 rings (SSSR count). The van der Waals surface area contributed by atoms with Crippen molar-refractivity contribution < 1.29 is 9.53 Å². The topological polar surface area (TPSA) is 61.2 Å². The van der Waals surface area contributed by atoms with Crippen molar-refractivity contribution in [3.63, 3.8) is 0 Å². The van der Waals surface area contributed by atoms with Gasteiger partial charge in [-0.15, -0.1) is 0 Å². The molecule has 0 fully saturated rings. The van der Waals surface area contributed by atoms with Gasteiger partial charge < -0.3 is 9.53 Å². The zero-order chi connectivity index (χ0) is 16.2. The molecule has 0 bridgehead atoms. The summed E-state index contributed by atoms with van der Waals surface area (Å²) >= 11 is 0. The largest absolute Gasteiger partial charge is 0.360 e. The number of para-hydroxylation sites is 1. The highest BCUT2D eigenvalue weighted by Crippen LogP contribution is 2.11. The van der Waals surface area contributed by atoms with Gasteiger partial charge in [-0.25, -0.2) is 4.68 Å². The molecule has 0 spiro atoms. The molecule has 1 heterocycles. The average molecular weight is 318 g/mol. The molecule has 22 heavy (non-hydrogen) atoms. The second-order valence-corrected chi connectivity index (χ2v) is 12.1. The van der Waals surface area contributed by atoms with Crippen LogP contribution in [-0.4, -0.2) is 30.7 Å². The number of fused-ring (bicyclic) bond motifs is 1. The molecule has 0 radical (unpaired) electrons. The molecular weight excluding hydrogens is 296 g/mol. The van der Waals surface area contributed by atoms with Gasteiger partial charge in [-0.1, -0.05) is 31.8 Å². The first kappa shape index (κ1) is 16.6. The smallest absolute Gasteiger partial charge is 0.211 e. The van der Waals surface area contributed by atoms with Gasteiger partial charge in [-0.05, 0) is 18.2 Å². The fourth-order valence-electron chi connectivity index (χ4n) is 2.13. The average Bonchev–Trinajstić information content (AvgIpc) is 2.47. The number of aldehydes is 1. The molecule has 0 amide bonds. The Hall–Kier alpha value is -1.79. The van der Waals surface area contributed by atoms with Gasteiger partial charge in [0.25, 0.3) is 0 Å². The summed E-state index contributed by atoms with van der Waals surface area (Å²) in [4.78, 5) is 23.0. The lowest BCUT2D eigenvalue weighted by Gasteiger charge is -2.16. The number of aromatic nitrogens is 2. The van der Waals surface area contributed by atoms with Crippen molar-refractivity contribution in [3.05, 3.63) is 40.2 Å². The Balaban J connectivity index is 2.26. The quantitative estimate of drug-likeness (QED) is 0.447. The van der Waals surface area contributed by atoms with Crippen LogP contribution in [0.25, 0.3) is 10.9 Å². The minimum Gasteiger partial charge on any atom is -0.360 e. The fraction of sp³-hybridized carbons (Fsp3) is 0.438. The number of hydrogen-bond acceptors (Lipinski definition) is 4. The Bertz CT molecular complexity index is 719. The van der Waals surface area contributed by atoms with E-state index >= 15 is 0 Å². The highest BCUT2D eigenvalue weighted by Gasteiger charge is 2.13. The van der Waals surface area contributed by atoms with Gasteiger partial charge in [0.05, 0.1) is 11.9 Å². The second-order valence-electron chi connectivity index (χ2n) is 6.51. The van der Waals surface area contributed by atoms with Crippen LogP contribution in [0.4, 0.5) is 0 Å². The molecule has 0 unspecified atom stereocenters. The number of benzene rings is 1. The van der Waals surface area contributed by atoms with E-state index in [1.54, 1.807) is 10.7 Å². The van der Waals surface area contributed by atoms with Crippen molar-refractivity contribution in [2.24, 2.45) is 0 Å². The summed E-state index contributed by atoms with van der Waals surface area (Å²) in [7, 11) is -1.13. The molecule has 0 aliphatic carbocycles. The predicted octanol–water partition coefficient (Wildman–Crippen LogP) is 2.45. The van der Waals surface area contributed by atoms with Crippen molar-refractivity contribution >= 4 is 25.3 Å². The van der Waals surface area contributed by atoms with E-state index in [4.69, 9.17) is 4.74 Å². The molecule has 0 aliphatic rings. The Morgan fingerprint density at radius 3 is 2.68 bits per heavy atom. The summed E-state index contributed by atoms with van der Waals surface area (Å²) in [6.45, 7) is 7.86. The number of hydrogen-bond donors (Lipinski definition) is 0. The van der Waals surface area contributed by atoms with E-state index in [0.29, 0.717) is 18.3 Å². The maximum atomic E-state index is 12.3. The number of carbonyl (C=O) groups excluding carboxylic acids is 1. The summed E-state index contributed by atoms with van der Waals surface area (Å²) in [5.41, 5.74) is 0.818. The lowest BCUT2D eigenvalue weighted by Crippen LogP contribution is -2.23. The lowest BCUT2D eigenvalue weighted by molar-refractivity contribution is -0.107. The van der Waals surface area contributed by atoms with Gasteiger partial charge in [0.2, 0.25) is 5.43 Å². The predicted molar refractivity (Wildman–Crippen MR) is 89.9 cm³/mol. The second kappa shape index (κ2) is 6.98. The summed E-state index contributed by atoms with van der Waals surface area (Å²) in [6, 6.07) is 8.35. The normalized spacial score (nSPS) is 11.8. The summed E-state index contributed by atoms with van der Waals surface area (Å²) in [6.07, 6.45) is 0.730. The molecule has 0 aliphatic heterocycles. The van der Waals surface area contributed by atoms with Gasteiger partial charge in [0.1, 0.15) is 18.7 Å². The van der Waals surface area contributed by atoms with E-state index in [-0.39, 0.29) is 24.3 Å². The van der Waals surface area contributed by atoms with Crippen molar-refractivity contribution in [1.82, 2.24) is 9.78 Å². The zero-order valence-electron chi connectivity index (χ0n) is 13.3. The minimum absolute atomic E-state index is 0.0264. The van der Waals surface area contributed by atoms with E-state index in [0.717, 1.165) is 11.6 Å². The van der Waals surface area contributed by atoms with Crippen LogP contribution >= 0.6 is 0 Å². The van der Waals surface area contributed by atoms with E-state index in [9.17, 15) is 9.59 Å². The standard InChI is InChI=1S/C16H22N2O3Si/c1-22(2,3)11-10-21-12-18-15-7-5-4-6-13(15)16(20)14(17-18)8-9-19/h4-7,9H,8,10-12H2,1-3H3. The number of ether oxygens (including phenoxy) is 1. The molecule has 0 saturated carbocycles. The Kier molecular flexibility index (Phi) is 5.26. The molecule has 118 valence electrons. The van der Waals surface area contributed by atoms with E-state index in [1.807, 2.05) is 18.2 Å². The van der Waals surface area contributed by atoms with Gasteiger partial charge >= 0.3 is 0 Å². The molecule has 1 aromatic carbocycles. The van der Waals surface area contributed by atoms with Gasteiger partial charge in [-0.3, -0.25) is 4.79 Å². The fourth-order valence-corrected chi connectivity index (χ4v) is 2.89. The van der Waals surface area contributed by atoms with Crippen LogP contribution in [0.5, 0.6) is 0 Å². The third-order valence-corrected chi connectivity index (χ3v) is 5.12. The maximum absolute atomic E-state index is 12.3. The van der Waals surface area contributed by atoms with Crippen molar-refractivity contribution in [2.45, 2.75) is 38.8 Å². The molecule has 1 aromatic heterocycles. The number of carbonyl (C=O) groups is 1. The summed E-state index contributed by atoms with van der Waals surface area (Å²) in [5, 5.41) is 4.86. The third kappa shape index (κ3) is 4.11. The lowest BCUT2D eigenvalue weighted by atomic mass is 10.2. The highest BCUT2D eigenvalue weighted by molar-refractivity contribution is 6.76. The molecule has 0 atom stereocenters. The van der Waals surface area contributed by atoms with Crippen LogP contribution in [0.15, 0.2) is 29.1 Å². The molecular formula is C16H22N2O3Si. The monoisotopic (exact) mass is 318 g/mol. The Morgan fingerprint density at radius 1 is 1.27 bits per heavy atom. The highest BCUT2D eigenvalue weighted by atomic mass is 28.3.